The molecular weight excluding hydrogens is 316 g/mol. The standard InChI is InChI=1S/C14H16N6O2S/c21-12-2-1-4-19(12)10-6-16-20(9-10)11-7-18(8-11)14(22)17-13-15-3-5-23-13/h3,5-6,9,11H,1-2,4,7-8H2,(H,15,17,22). The minimum atomic E-state index is -0.140. The third-order valence-electron chi connectivity index (χ3n) is 4.14. The number of carbonyl (C=O) groups excluding carboxylic acids is 2. The van der Waals surface area contributed by atoms with Crippen LogP contribution in [0.15, 0.2) is 24.0 Å². The van der Waals surface area contributed by atoms with Gasteiger partial charge in [0.05, 0.1) is 17.9 Å². The van der Waals surface area contributed by atoms with Gasteiger partial charge in [-0.3, -0.25) is 14.8 Å². The third kappa shape index (κ3) is 2.67. The highest BCUT2D eigenvalue weighted by atomic mass is 32.1. The Morgan fingerprint density at radius 1 is 1.39 bits per heavy atom. The summed E-state index contributed by atoms with van der Waals surface area (Å²) in [6, 6.07) is 0.0156. The van der Waals surface area contributed by atoms with Gasteiger partial charge in [0.1, 0.15) is 0 Å². The highest BCUT2D eigenvalue weighted by molar-refractivity contribution is 7.13. The second-order valence-electron chi connectivity index (χ2n) is 5.65. The van der Waals surface area contributed by atoms with Gasteiger partial charge in [-0.05, 0) is 6.42 Å². The molecule has 0 aliphatic carbocycles. The van der Waals surface area contributed by atoms with Crippen LogP contribution in [0.3, 0.4) is 0 Å². The lowest BCUT2D eigenvalue weighted by molar-refractivity contribution is -0.117. The van der Waals surface area contributed by atoms with Crippen LogP contribution in [0.1, 0.15) is 18.9 Å². The molecule has 120 valence electrons. The van der Waals surface area contributed by atoms with E-state index in [4.69, 9.17) is 0 Å². The van der Waals surface area contributed by atoms with Crippen LogP contribution in [0.4, 0.5) is 15.6 Å². The van der Waals surface area contributed by atoms with Gasteiger partial charge in [-0.2, -0.15) is 5.10 Å². The van der Waals surface area contributed by atoms with Crippen LogP contribution >= 0.6 is 11.3 Å². The predicted molar refractivity (Wildman–Crippen MR) is 85.6 cm³/mol. The molecule has 2 fully saturated rings. The van der Waals surface area contributed by atoms with Gasteiger partial charge in [0, 0.05) is 43.8 Å². The van der Waals surface area contributed by atoms with Crippen LogP contribution < -0.4 is 10.2 Å². The second-order valence-corrected chi connectivity index (χ2v) is 6.55. The van der Waals surface area contributed by atoms with E-state index in [1.54, 1.807) is 22.2 Å². The lowest BCUT2D eigenvalue weighted by Gasteiger charge is -2.38. The average Bonchev–Trinajstić information content (AvgIpc) is 3.18. The average molecular weight is 332 g/mol. The van der Waals surface area contributed by atoms with Crippen molar-refractivity contribution in [3.05, 3.63) is 24.0 Å². The van der Waals surface area contributed by atoms with Crippen LogP contribution in [-0.2, 0) is 4.79 Å². The number of hydrogen-bond acceptors (Lipinski definition) is 5. The molecule has 2 aromatic heterocycles. The van der Waals surface area contributed by atoms with Crippen LogP contribution in [0, 0.1) is 0 Å². The lowest BCUT2D eigenvalue weighted by Crippen LogP contribution is -2.52. The molecule has 2 saturated heterocycles. The van der Waals surface area contributed by atoms with E-state index in [1.807, 2.05) is 16.3 Å². The first-order chi connectivity index (χ1) is 11.2. The number of hydrogen-bond donors (Lipinski definition) is 1. The zero-order valence-corrected chi connectivity index (χ0v) is 13.2. The molecule has 3 amide bonds. The highest BCUT2D eigenvalue weighted by Gasteiger charge is 2.33. The fraction of sp³-hybridized carbons (Fsp3) is 0.429. The van der Waals surface area contributed by atoms with E-state index in [9.17, 15) is 9.59 Å². The van der Waals surface area contributed by atoms with Crippen molar-refractivity contribution in [1.29, 1.82) is 0 Å². The fourth-order valence-electron chi connectivity index (χ4n) is 2.83. The van der Waals surface area contributed by atoms with E-state index in [0.29, 0.717) is 24.6 Å². The van der Waals surface area contributed by atoms with Crippen molar-refractivity contribution in [2.75, 3.05) is 29.9 Å². The number of likely N-dealkylation sites (tertiary alicyclic amines) is 1. The molecule has 2 aromatic rings. The number of aromatic nitrogens is 3. The van der Waals surface area contributed by atoms with Crippen LogP contribution in [0.2, 0.25) is 0 Å². The Labute approximate surface area is 136 Å². The zero-order valence-electron chi connectivity index (χ0n) is 12.4. The number of urea groups is 1. The Balaban J connectivity index is 1.34. The van der Waals surface area contributed by atoms with Crippen molar-refractivity contribution in [3.63, 3.8) is 0 Å². The van der Waals surface area contributed by atoms with Gasteiger partial charge in [-0.25, -0.2) is 9.78 Å². The molecule has 1 N–H and O–H groups in total. The summed E-state index contributed by atoms with van der Waals surface area (Å²) in [6.45, 7) is 1.97. The Hall–Kier alpha value is -2.42. The summed E-state index contributed by atoms with van der Waals surface area (Å²) in [5, 5.41) is 9.53. The Kier molecular flexibility index (Phi) is 3.49. The Morgan fingerprint density at radius 2 is 2.26 bits per heavy atom. The molecular formula is C14H16N6O2S. The topological polar surface area (TPSA) is 83.4 Å². The summed E-state index contributed by atoms with van der Waals surface area (Å²) in [4.78, 5) is 31.3. The lowest BCUT2D eigenvalue weighted by atomic mass is 10.1. The van der Waals surface area contributed by atoms with Gasteiger partial charge >= 0.3 is 6.03 Å². The molecule has 9 heteroatoms. The summed E-state index contributed by atoms with van der Waals surface area (Å²) < 4.78 is 1.84. The maximum Gasteiger partial charge on any atom is 0.323 e. The van der Waals surface area contributed by atoms with Crippen LogP contribution in [-0.4, -0.2) is 51.2 Å². The van der Waals surface area contributed by atoms with Crippen LogP contribution in [0.25, 0.3) is 0 Å². The molecule has 0 aromatic carbocycles. The molecule has 0 radical (unpaired) electrons. The molecule has 8 nitrogen and oxygen atoms in total. The maximum atomic E-state index is 12.0. The predicted octanol–water partition coefficient (Wildman–Crippen LogP) is 1.56. The molecule has 2 aliphatic heterocycles. The molecule has 0 unspecified atom stereocenters. The summed E-state index contributed by atoms with van der Waals surface area (Å²) in [7, 11) is 0. The van der Waals surface area contributed by atoms with E-state index >= 15 is 0 Å². The van der Waals surface area contributed by atoms with E-state index in [2.05, 4.69) is 15.4 Å². The Bertz CT molecular complexity index is 721. The van der Waals surface area contributed by atoms with Gasteiger partial charge in [0.15, 0.2) is 5.13 Å². The molecule has 0 bridgehead atoms. The largest absolute Gasteiger partial charge is 0.323 e. The van der Waals surface area contributed by atoms with E-state index < -0.39 is 0 Å². The minimum absolute atomic E-state index is 0.140. The summed E-state index contributed by atoms with van der Waals surface area (Å²) >= 11 is 1.39. The SMILES string of the molecule is O=C(Nc1nccs1)N1CC(n2cc(N3CCCC3=O)cn2)C1. The number of nitrogens with zero attached hydrogens (tertiary/aromatic N) is 5. The number of amides is 3. The molecule has 0 saturated carbocycles. The maximum absolute atomic E-state index is 12.0. The molecule has 4 rings (SSSR count). The van der Waals surface area contributed by atoms with E-state index in [-0.39, 0.29) is 18.0 Å². The number of rotatable bonds is 3. The number of thiazole rings is 1. The molecule has 4 heterocycles. The van der Waals surface area contributed by atoms with Gasteiger partial charge in [0.25, 0.3) is 0 Å². The summed E-state index contributed by atoms with van der Waals surface area (Å²) in [5.41, 5.74) is 0.846. The van der Waals surface area contributed by atoms with Crippen molar-refractivity contribution in [2.45, 2.75) is 18.9 Å². The first-order valence-corrected chi connectivity index (χ1v) is 8.38. The van der Waals surface area contributed by atoms with Gasteiger partial charge < -0.3 is 9.80 Å². The van der Waals surface area contributed by atoms with Crippen molar-refractivity contribution >= 4 is 34.1 Å². The monoisotopic (exact) mass is 332 g/mol. The number of nitrogens with one attached hydrogen (secondary N) is 1. The van der Waals surface area contributed by atoms with Gasteiger partial charge in [-0.15, -0.1) is 11.3 Å². The molecule has 0 spiro atoms. The third-order valence-corrected chi connectivity index (χ3v) is 4.83. The van der Waals surface area contributed by atoms with E-state index in [0.717, 1.165) is 18.7 Å². The summed E-state index contributed by atoms with van der Waals surface area (Å²) in [5.74, 6) is 0.155. The molecule has 0 atom stereocenters. The molecule has 23 heavy (non-hydrogen) atoms. The first-order valence-electron chi connectivity index (χ1n) is 7.50. The second kappa shape index (κ2) is 5.65. The number of anilines is 2. The Morgan fingerprint density at radius 3 is 2.96 bits per heavy atom. The van der Waals surface area contributed by atoms with Crippen molar-refractivity contribution in [1.82, 2.24) is 19.7 Å². The number of carbonyl (C=O) groups is 2. The fourth-order valence-corrected chi connectivity index (χ4v) is 3.35. The first kappa shape index (κ1) is 14.2. The van der Waals surface area contributed by atoms with Crippen molar-refractivity contribution in [3.8, 4) is 0 Å². The van der Waals surface area contributed by atoms with Gasteiger partial charge in [-0.1, -0.05) is 0 Å². The van der Waals surface area contributed by atoms with Crippen molar-refractivity contribution < 1.29 is 9.59 Å². The smallest absolute Gasteiger partial charge is 0.320 e. The molecule has 2 aliphatic rings. The zero-order chi connectivity index (χ0) is 15.8. The quantitative estimate of drug-likeness (QED) is 0.924. The minimum Gasteiger partial charge on any atom is -0.320 e. The summed E-state index contributed by atoms with van der Waals surface area (Å²) in [6.07, 6.45) is 6.78. The van der Waals surface area contributed by atoms with Crippen molar-refractivity contribution in [2.24, 2.45) is 0 Å². The van der Waals surface area contributed by atoms with Crippen LogP contribution in [0.5, 0.6) is 0 Å². The highest BCUT2D eigenvalue weighted by Crippen LogP contribution is 2.26. The normalized spacial score (nSPS) is 18.3. The van der Waals surface area contributed by atoms with Gasteiger partial charge in [0.2, 0.25) is 5.91 Å². The van der Waals surface area contributed by atoms with E-state index in [1.165, 1.54) is 11.3 Å².